The van der Waals surface area contributed by atoms with Gasteiger partial charge in [0.1, 0.15) is 18.3 Å². The van der Waals surface area contributed by atoms with Crippen molar-refractivity contribution in [2.75, 3.05) is 21.3 Å². The first-order valence-corrected chi connectivity index (χ1v) is 10.6. The van der Waals surface area contributed by atoms with Crippen LogP contribution in [0.4, 0.5) is 0 Å². The molecule has 2 aromatic carbocycles. The molecule has 2 aromatic heterocycles. The second-order valence-electron chi connectivity index (χ2n) is 8.10. The Hall–Kier alpha value is -3.58. The molecule has 12 heteroatoms. The highest BCUT2D eigenvalue weighted by Crippen LogP contribution is 2.46. The minimum atomic E-state index is -1.63. The van der Waals surface area contributed by atoms with Crippen LogP contribution in [0.3, 0.4) is 0 Å². The van der Waals surface area contributed by atoms with Gasteiger partial charge in [-0.2, -0.15) is 0 Å². The fourth-order valence-electron chi connectivity index (χ4n) is 4.40. The molecule has 0 aliphatic carbocycles. The molecule has 0 radical (unpaired) electrons. The summed E-state index contributed by atoms with van der Waals surface area (Å²) in [6, 6.07) is 2.71. The molecule has 0 amide bonds. The first-order chi connectivity index (χ1) is 16.7. The van der Waals surface area contributed by atoms with Crippen LogP contribution in [0.5, 0.6) is 23.0 Å². The van der Waals surface area contributed by atoms with Crippen LogP contribution in [0.2, 0.25) is 0 Å². The fourth-order valence-corrected chi connectivity index (χ4v) is 4.40. The zero-order valence-corrected chi connectivity index (χ0v) is 19.1. The van der Waals surface area contributed by atoms with E-state index < -0.39 is 42.0 Å². The van der Waals surface area contributed by atoms with Crippen LogP contribution in [0, 0.1) is 0 Å². The molecule has 186 valence electrons. The van der Waals surface area contributed by atoms with Crippen molar-refractivity contribution in [3.63, 3.8) is 0 Å². The fraction of sp³-hybridized carbons (Fsp3) is 0.391. The Bertz CT molecular complexity index is 1540. The molecule has 5 atom stereocenters. The second-order valence-corrected chi connectivity index (χ2v) is 8.10. The van der Waals surface area contributed by atoms with Gasteiger partial charge in [-0.1, -0.05) is 0 Å². The van der Waals surface area contributed by atoms with Gasteiger partial charge < -0.3 is 47.8 Å². The molecule has 1 fully saturated rings. The second kappa shape index (κ2) is 8.27. The summed E-state index contributed by atoms with van der Waals surface area (Å²) in [5, 5.41) is 31.0. The number of aliphatic hydroxyl groups excluding tert-OH is 3. The first kappa shape index (κ1) is 23.2. The summed E-state index contributed by atoms with van der Waals surface area (Å²) in [7, 11) is 4.04. The summed E-state index contributed by atoms with van der Waals surface area (Å²) in [5.74, 6) is 0.0917. The van der Waals surface area contributed by atoms with E-state index in [0.29, 0.717) is 0 Å². The van der Waals surface area contributed by atoms with Crippen molar-refractivity contribution in [3.05, 3.63) is 33.0 Å². The molecule has 5 rings (SSSR count). The minimum Gasteiger partial charge on any atom is -0.493 e. The van der Waals surface area contributed by atoms with Crippen molar-refractivity contribution in [1.29, 1.82) is 0 Å². The van der Waals surface area contributed by atoms with Gasteiger partial charge in [0, 0.05) is 10.8 Å². The van der Waals surface area contributed by atoms with E-state index in [1.165, 1.54) is 40.4 Å². The molecule has 1 aliphatic rings. The molecule has 0 spiro atoms. The molecule has 1 aliphatic heterocycles. The Kier molecular flexibility index (Phi) is 5.48. The SMILES string of the molecule is COc1cc2c(=O)oc3c(OC)c(O[C@H]4O[C@H](C)[C@@H](O)[C@H](O)[C@@H]4O)cc4c(=O)oc(c1OC)c2c34. The number of methoxy groups -OCH3 is 3. The van der Waals surface area contributed by atoms with Crippen molar-refractivity contribution in [2.45, 2.75) is 37.6 Å². The molecular formula is C23H22O12. The third-order valence-electron chi connectivity index (χ3n) is 6.16. The van der Waals surface area contributed by atoms with Gasteiger partial charge in [0.05, 0.1) is 38.2 Å². The summed E-state index contributed by atoms with van der Waals surface area (Å²) in [6.45, 7) is 1.49. The molecule has 0 saturated carbocycles. The monoisotopic (exact) mass is 490 g/mol. The average Bonchev–Trinajstić information content (AvgIpc) is 2.84. The lowest BCUT2D eigenvalue weighted by molar-refractivity contribution is -0.268. The van der Waals surface area contributed by atoms with Crippen LogP contribution in [-0.4, -0.2) is 67.4 Å². The van der Waals surface area contributed by atoms with Crippen molar-refractivity contribution in [1.82, 2.24) is 0 Å². The van der Waals surface area contributed by atoms with Gasteiger partial charge in [-0.15, -0.1) is 0 Å². The standard InChI is InChI=1S/C23H22O12/c1-7-14(24)15(25)16(26)23(32-7)33-11-6-9-13-12-8(21(27)35-20(13)18(11)31-4)5-10(29-2)17(30-3)19(12)34-22(9)28/h5-7,14-16,23-26H,1-4H3/t7-,14-,15+,16+,23-/m1/s1. The Labute approximate surface area is 196 Å². The van der Waals surface area contributed by atoms with Gasteiger partial charge in [-0.25, -0.2) is 9.59 Å². The van der Waals surface area contributed by atoms with Gasteiger partial charge in [0.25, 0.3) is 0 Å². The normalized spacial score (nSPS) is 24.8. The van der Waals surface area contributed by atoms with E-state index in [4.69, 9.17) is 32.5 Å². The van der Waals surface area contributed by atoms with Crippen molar-refractivity contribution in [2.24, 2.45) is 0 Å². The number of hydrogen-bond donors (Lipinski definition) is 3. The lowest BCUT2D eigenvalue weighted by Gasteiger charge is -2.39. The molecular weight excluding hydrogens is 468 g/mol. The quantitative estimate of drug-likeness (QED) is 0.265. The van der Waals surface area contributed by atoms with E-state index in [1.54, 1.807) is 0 Å². The van der Waals surface area contributed by atoms with Crippen LogP contribution < -0.4 is 30.2 Å². The predicted molar refractivity (Wildman–Crippen MR) is 120 cm³/mol. The first-order valence-electron chi connectivity index (χ1n) is 10.6. The summed E-state index contributed by atoms with van der Waals surface area (Å²) >= 11 is 0. The highest BCUT2D eigenvalue weighted by molar-refractivity contribution is 6.22. The smallest absolute Gasteiger partial charge is 0.344 e. The van der Waals surface area contributed by atoms with Crippen molar-refractivity contribution in [3.8, 4) is 23.0 Å². The molecule has 12 nitrogen and oxygen atoms in total. The third kappa shape index (κ3) is 3.29. The highest BCUT2D eigenvalue weighted by atomic mass is 16.7. The number of rotatable bonds is 5. The van der Waals surface area contributed by atoms with E-state index in [9.17, 15) is 24.9 Å². The molecule has 3 heterocycles. The zero-order valence-electron chi connectivity index (χ0n) is 19.1. The van der Waals surface area contributed by atoms with E-state index in [-0.39, 0.29) is 55.7 Å². The predicted octanol–water partition coefficient (Wildman–Crippen LogP) is 0.722. The van der Waals surface area contributed by atoms with Crippen LogP contribution in [0.1, 0.15) is 6.92 Å². The maximum atomic E-state index is 13.0. The lowest BCUT2D eigenvalue weighted by atomic mass is 10.00. The maximum Gasteiger partial charge on any atom is 0.344 e. The molecule has 0 bridgehead atoms. The summed E-state index contributed by atoms with van der Waals surface area (Å²) in [4.78, 5) is 26.0. The molecule has 1 saturated heterocycles. The average molecular weight is 490 g/mol. The molecule has 35 heavy (non-hydrogen) atoms. The lowest BCUT2D eigenvalue weighted by Crippen LogP contribution is -2.58. The topological polar surface area (TPSA) is 167 Å². The van der Waals surface area contributed by atoms with Crippen molar-refractivity contribution < 1.29 is 47.8 Å². The van der Waals surface area contributed by atoms with Crippen molar-refractivity contribution >= 4 is 32.7 Å². The maximum absolute atomic E-state index is 13.0. The van der Waals surface area contributed by atoms with Gasteiger partial charge in [-0.05, 0) is 19.1 Å². The van der Waals surface area contributed by atoms with Gasteiger partial charge in [-0.3, -0.25) is 0 Å². The Balaban J connectivity index is 1.80. The Morgan fingerprint density at radius 1 is 0.743 bits per heavy atom. The van der Waals surface area contributed by atoms with E-state index in [1.807, 2.05) is 0 Å². The van der Waals surface area contributed by atoms with E-state index in [2.05, 4.69) is 0 Å². The molecule has 0 unspecified atom stereocenters. The summed E-state index contributed by atoms with van der Waals surface area (Å²) in [6.07, 6.45) is -6.83. The number of hydrogen-bond acceptors (Lipinski definition) is 12. The molecule has 3 N–H and O–H groups in total. The van der Waals surface area contributed by atoms with E-state index >= 15 is 0 Å². The number of ether oxygens (including phenoxy) is 5. The summed E-state index contributed by atoms with van der Waals surface area (Å²) < 4.78 is 38.4. The third-order valence-corrected chi connectivity index (χ3v) is 6.16. The largest absolute Gasteiger partial charge is 0.493 e. The highest BCUT2D eigenvalue weighted by Gasteiger charge is 2.43. The van der Waals surface area contributed by atoms with Crippen LogP contribution in [0.25, 0.3) is 32.7 Å². The van der Waals surface area contributed by atoms with Crippen LogP contribution >= 0.6 is 0 Å². The Morgan fingerprint density at radius 2 is 1.26 bits per heavy atom. The van der Waals surface area contributed by atoms with Gasteiger partial charge in [0.15, 0.2) is 22.7 Å². The number of benzene rings is 2. The van der Waals surface area contributed by atoms with Gasteiger partial charge in [0.2, 0.25) is 17.8 Å². The zero-order chi connectivity index (χ0) is 25.2. The molecule has 4 aromatic rings. The van der Waals surface area contributed by atoms with Gasteiger partial charge >= 0.3 is 11.3 Å². The van der Waals surface area contributed by atoms with E-state index in [0.717, 1.165) is 0 Å². The summed E-state index contributed by atoms with van der Waals surface area (Å²) in [5.41, 5.74) is -1.69. The van der Waals surface area contributed by atoms with Crippen LogP contribution in [0.15, 0.2) is 30.6 Å². The number of aliphatic hydroxyl groups is 3. The minimum absolute atomic E-state index is 0.00931. The van der Waals surface area contributed by atoms with Crippen LogP contribution in [-0.2, 0) is 4.74 Å². The Morgan fingerprint density at radius 3 is 1.77 bits per heavy atom.